The van der Waals surface area contributed by atoms with Crippen molar-refractivity contribution < 1.29 is 19.0 Å². The second kappa shape index (κ2) is 5.40. The topological polar surface area (TPSA) is 46.5 Å². The fraction of sp³-hybridized carbons (Fsp3) is 0.0714. The summed E-state index contributed by atoms with van der Waals surface area (Å²) >= 11 is 3.20. The highest BCUT2D eigenvalue weighted by atomic mass is 79.9. The summed E-state index contributed by atoms with van der Waals surface area (Å²) in [4.78, 5) is 11.1. The van der Waals surface area contributed by atoms with Crippen LogP contribution in [0.5, 0.6) is 11.5 Å². The first kappa shape index (κ1) is 13.5. The summed E-state index contributed by atoms with van der Waals surface area (Å²) in [5.74, 6) is -0.817. The SMILES string of the molecule is Cc1cc(Oc2ccc(Br)cc2C(=O)O)ccc1F. The van der Waals surface area contributed by atoms with Gasteiger partial charge in [0, 0.05) is 4.47 Å². The maximum Gasteiger partial charge on any atom is 0.339 e. The van der Waals surface area contributed by atoms with Crippen molar-refractivity contribution in [2.24, 2.45) is 0 Å². The largest absolute Gasteiger partial charge is 0.478 e. The highest BCUT2D eigenvalue weighted by molar-refractivity contribution is 9.10. The van der Waals surface area contributed by atoms with Crippen LogP contribution in [0.2, 0.25) is 0 Å². The Bertz CT molecular complexity index is 641. The molecule has 0 unspecified atom stereocenters. The van der Waals surface area contributed by atoms with Crippen LogP contribution in [0.3, 0.4) is 0 Å². The zero-order chi connectivity index (χ0) is 14.0. The zero-order valence-corrected chi connectivity index (χ0v) is 11.6. The van der Waals surface area contributed by atoms with Gasteiger partial charge in [-0.15, -0.1) is 0 Å². The molecular formula is C14H10BrFO3. The molecule has 3 nitrogen and oxygen atoms in total. The molecule has 19 heavy (non-hydrogen) atoms. The minimum atomic E-state index is -1.09. The maximum atomic E-state index is 13.1. The number of aromatic carboxylic acids is 1. The van der Waals surface area contributed by atoms with E-state index in [1.807, 2.05) is 0 Å². The Kier molecular flexibility index (Phi) is 3.85. The molecule has 98 valence electrons. The molecule has 0 aliphatic heterocycles. The molecule has 0 amide bonds. The molecule has 0 aromatic heterocycles. The van der Waals surface area contributed by atoms with Gasteiger partial charge in [-0.2, -0.15) is 0 Å². The van der Waals surface area contributed by atoms with Gasteiger partial charge < -0.3 is 9.84 Å². The minimum absolute atomic E-state index is 0.0383. The Morgan fingerprint density at radius 2 is 2.00 bits per heavy atom. The molecule has 0 radical (unpaired) electrons. The minimum Gasteiger partial charge on any atom is -0.478 e. The number of carbonyl (C=O) groups is 1. The number of rotatable bonds is 3. The molecule has 2 rings (SSSR count). The standard InChI is InChI=1S/C14H10BrFO3/c1-8-6-10(3-4-12(8)16)19-13-5-2-9(15)7-11(13)14(17)18/h2-7H,1H3,(H,17,18). The molecule has 0 aliphatic rings. The van der Waals surface area contributed by atoms with E-state index in [9.17, 15) is 9.18 Å². The molecule has 0 aliphatic carbocycles. The molecule has 1 N–H and O–H groups in total. The van der Waals surface area contributed by atoms with Crippen molar-refractivity contribution in [2.45, 2.75) is 6.92 Å². The number of carboxylic acid groups (broad SMARTS) is 1. The van der Waals surface area contributed by atoms with E-state index in [1.165, 1.54) is 24.3 Å². The number of halogens is 2. The summed E-state index contributed by atoms with van der Waals surface area (Å²) < 4.78 is 19.3. The molecular weight excluding hydrogens is 315 g/mol. The third-order valence-electron chi connectivity index (χ3n) is 2.53. The van der Waals surface area contributed by atoms with Crippen LogP contribution in [0.1, 0.15) is 15.9 Å². The van der Waals surface area contributed by atoms with E-state index in [2.05, 4.69) is 15.9 Å². The van der Waals surface area contributed by atoms with Crippen molar-refractivity contribution in [1.82, 2.24) is 0 Å². The van der Waals surface area contributed by atoms with Crippen LogP contribution >= 0.6 is 15.9 Å². The van der Waals surface area contributed by atoms with Crippen LogP contribution in [0.25, 0.3) is 0 Å². The number of carboxylic acids is 1. The Hall–Kier alpha value is -1.88. The van der Waals surface area contributed by atoms with Crippen molar-refractivity contribution in [3.63, 3.8) is 0 Å². The molecule has 0 fully saturated rings. The van der Waals surface area contributed by atoms with Crippen LogP contribution in [-0.2, 0) is 0 Å². The Morgan fingerprint density at radius 3 is 2.63 bits per heavy atom. The smallest absolute Gasteiger partial charge is 0.339 e. The average Bonchev–Trinajstić information content (AvgIpc) is 2.36. The van der Waals surface area contributed by atoms with Crippen molar-refractivity contribution in [2.75, 3.05) is 0 Å². The molecule has 0 heterocycles. The van der Waals surface area contributed by atoms with E-state index in [-0.39, 0.29) is 17.1 Å². The lowest BCUT2D eigenvalue weighted by molar-refractivity contribution is 0.0694. The number of aryl methyl sites for hydroxylation is 1. The third-order valence-corrected chi connectivity index (χ3v) is 3.02. The molecule has 0 atom stereocenters. The lowest BCUT2D eigenvalue weighted by atomic mass is 10.2. The highest BCUT2D eigenvalue weighted by Gasteiger charge is 2.13. The fourth-order valence-electron chi connectivity index (χ4n) is 1.57. The summed E-state index contributed by atoms with van der Waals surface area (Å²) in [5, 5.41) is 9.11. The van der Waals surface area contributed by atoms with Gasteiger partial charge in [0.1, 0.15) is 22.9 Å². The van der Waals surface area contributed by atoms with Gasteiger partial charge >= 0.3 is 5.97 Å². The lowest BCUT2D eigenvalue weighted by Crippen LogP contribution is -2.00. The van der Waals surface area contributed by atoms with E-state index >= 15 is 0 Å². The Balaban J connectivity index is 2.37. The maximum absolute atomic E-state index is 13.1. The van der Waals surface area contributed by atoms with Gasteiger partial charge in [0.05, 0.1) is 0 Å². The van der Waals surface area contributed by atoms with E-state index in [0.717, 1.165) is 0 Å². The predicted octanol–water partition coefficient (Wildman–Crippen LogP) is 4.39. The van der Waals surface area contributed by atoms with Gasteiger partial charge in [0.15, 0.2) is 0 Å². The van der Waals surface area contributed by atoms with E-state index in [1.54, 1.807) is 19.1 Å². The van der Waals surface area contributed by atoms with Gasteiger partial charge in [-0.05, 0) is 48.9 Å². The Labute approximate surface area is 117 Å². The second-order valence-electron chi connectivity index (χ2n) is 3.96. The van der Waals surface area contributed by atoms with Crippen LogP contribution in [0, 0.1) is 12.7 Å². The number of ether oxygens (including phenoxy) is 1. The molecule has 0 saturated carbocycles. The van der Waals surface area contributed by atoms with Crippen molar-refractivity contribution in [1.29, 1.82) is 0 Å². The Morgan fingerprint density at radius 1 is 1.26 bits per heavy atom. The molecule has 5 heteroatoms. The van der Waals surface area contributed by atoms with Crippen LogP contribution in [0.15, 0.2) is 40.9 Å². The first-order chi connectivity index (χ1) is 8.97. The average molecular weight is 325 g/mol. The van der Waals surface area contributed by atoms with Gasteiger partial charge in [0.25, 0.3) is 0 Å². The van der Waals surface area contributed by atoms with Crippen LogP contribution in [-0.4, -0.2) is 11.1 Å². The summed E-state index contributed by atoms with van der Waals surface area (Å²) in [6.45, 7) is 1.61. The quantitative estimate of drug-likeness (QED) is 0.910. The van der Waals surface area contributed by atoms with Gasteiger partial charge in [0.2, 0.25) is 0 Å². The van der Waals surface area contributed by atoms with Gasteiger partial charge in [-0.3, -0.25) is 0 Å². The first-order valence-corrected chi connectivity index (χ1v) is 6.23. The van der Waals surface area contributed by atoms with Crippen molar-refractivity contribution >= 4 is 21.9 Å². The van der Waals surface area contributed by atoms with E-state index < -0.39 is 5.97 Å². The molecule has 0 spiro atoms. The predicted molar refractivity (Wildman–Crippen MR) is 72.3 cm³/mol. The lowest BCUT2D eigenvalue weighted by Gasteiger charge is -2.10. The molecule has 2 aromatic carbocycles. The van der Waals surface area contributed by atoms with E-state index in [4.69, 9.17) is 9.84 Å². The first-order valence-electron chi connectivity index (χ1n) is 5.44. The van der Waals surface area contributed by atoms with Gasteiger partial charge in [-0.1, -0.05) is 15.9 Å². The number of hydrogen-bond acceptors (Lipinski definition) is 2. The molecule has 0 bridgehead atoms. The molecule has 0 saturated heterocycles. The van der Waals surface area contributed by atoms with E-state index in [0.29, 0.717) is 15.8 Å². The summed E-state index contributed by atoms with van der Waals surface area (Å²) in [6.07, 6.45) is 0. The zero-order valence-electron chi connectivity index (χ0n) is 9.98. The summed E-state index contributed by atoms with van der Waals surface area (Å²) in [6, 6.07) is 8.93. The fourth-order valence-corrected chi connectivity index (χ4v) is 1.93. The number of benzene rings is 2. The van der Waals surface area contributed by atoms with Gasteiger partial charge in [-0.25, -0.2) is 9.18 Å². The molecule has 2 aromatic rings. The summed E-state index contributed by atoms with van der Waals surface area (Å²) in [5.41, 5.74) is 0.475. The van der Waals surface area contributed by atoms with Crippen LogP contribution in [0.4, 0.5) is 4.39 Å². The van der Waals surface area contributed by atoms with Crippen LogP contribution < -0.4 is 4.74 Å². The monoisotopic (exact) mass is 324 g/mol. The normalized spacial score (nSPS) is 10.3. The summed E-state index contributed by atoms with van der Waals surface area (Å²) in [7, 11) is 0. The third kappa shape index (κ3) is 3.12. The van der Waals surface area contributed by atoms with Crippen molar-refractivity contribution in [3.05, 3.63) is 57.8 Å². The number of hydrogen-bond donors (Lipinski definition) is 1. The van der Waals surface area contributed by atoms with Crippen molar-refractivity contribution in [3.8, 4) is 11.5 Å². The second-order valence-corrected chi connectivity index (χ2v) is 4.87. The highest BCUT2D eigenvalue weighted by Crippen LogP contribution is 2.29.